The molecule has 2 aromatic rings. The van der Waals surface area contributed by atoms with Gasteiger partial charge in [-0.1, -0.05) is 113 Å². The molecule has 3 unspecified atom stereocenters. The average molecular weight is 440 g/mol. The molecule has 2 aromatic carbocycles. The summed E-state index contributed by atoms with van der Waals surface area (Å²) in [5.41, 5.74) is 3.25. The van der Waals surface area contributed by atoms with E-state index in [1.54, 1.807) is 0 Å². The van der Waals surface area contributed by atoms with Gasteiger partial charge in [-0.2, -0.15) is 0 Å². The minimum Gasteiger partial charge on any atom is -0.388 e. The Hall–Kier alpha value is -1.68. The number of hydrogen-bond acceptors (Lipinski definition) is 3. The summed E-state index contributed by atoms with van der Waals surface area (Å²) in [5.74, 6) is 0. The van der Waals surface area contributed by atoms with Crippen molar-refractivity contribution in [2.24, 2.45) is 0 Å². The van der Waals surface area contributed by atoms with Crippen LogP contribution < -0.4 is 5.32 Å². The van der Waals surface area contributed by atoms with Crippen LogP contribution in [-0.2, 0) is 6.42 Å². The number of unbranched alkanes of at least 4 members (excludes halogenated alkanes) is 8. The van der Waals surface area contributed by atoms with Gasteiger partial charge in [0.2, 0.25) is 0 Å². The molecule has 0 aliphatic carbocycles. The van der Waals surface area contributed by atoms with Crippen LogP contribution >= 0.6 is 0 Å². The van der Waals surface area contributed by atoms with Gasteiger partial charge in [0.25, 0.3) is 0 Å². The van der Waals surface area contributed by atoms with Crippen molar-refractivity contribution in [3.05, 3.63) is 71.3 Å². The van der Waals surface area contributed by atoms with Crippen LogP contribution in [0, 0.1) is 0 Å². The molecule has 3 heteroatoms. The fraction of sp³-hybridized carbons (Fsp3) is 0.586. The normalized spacial score (nSPS) is 14.2. The third-order valence-corrected chi connectivity index (χ3v) is 6.43. The highest BCUT2D eigenvalue weighted by Gasteiger charge is 2.16. The van der Waals surface area contributed by atoms with E-state index in [-0.39, 0.29) is 6.04 Å². The van der Waals surface area contributed by atoms with Gasteiger partial charge in [-0.05, 0) is 49.4 Å². The fourth-order valence-electron chi connectivity index (χ4n) is 4.21. The standard InChI is InChI=1S/C29H45NO2/c1-3-4-5-6-7-8-9-10-12-15-25-18-20-26(21-19-25)28(31)22-23-30-24(2)29(32)27-16-13-11-14-17-27/h11,13-14,16-21,24,28-32H,3-10,12,15,22-23H2,1-2H3. The van der Waals surface area contributed by atoms with Crippen molar-refractivity contribution in [2.45, 2.75) is 103 Å². The number of aryl methyl sites for hydroxylation is 1. The van der Waals surface area contributed by atoms with E-state index in [9.17, 15) is 10.2 Å². The molecule has 32 heavy (non-hydrogen) atoms. The number of aliphatic hydroxyl groups excluding tert-OH is 2. The van der Waals surface area contributed by atoms with E-state index in [2.05, 4.69) is 36.5 Å². The van der Waals surface area contributed by atoms with Crippen LogP contribution in [0.1, 0.15) is 107 Å². The number of nitrogens with one attached hydrogen (secondary N) is 1. The summed E-state index contributed by atoms with van der Waals surface area (Å²) >= 11 is 0. The molecule has 0 fully saturated rings. The first-order valence-corrected chi connectivity index (χ1v) is 12.8. The average Bonchev–Trinajstić information content (AvgIpc) is 2.83. The maximum absolute atomic E-state index is 10.5. The van der Waals surface area contributed by atoms with E-state index >= 15 is 0 Å². The smallest absolute Gasteiger partial charge is 0.0940 e. The van der Waals surface area contributed by atoms with Crippen LogP contribution in [0.4, 0.5) is 0 Å². The lowest BCUT2D eigenvalue weighted by atomic mass is 10.0. The molecule has 0 saturated heterocycles. The Kier molecular flexibility index (Phi) is 13.3. The minimum absolute atomic E-state index is 0.0664. The summed E-state index contributed by atoms with van der Waals surface area (Å²) in [4.78, 5) is 0. The van der Waals surface area contributed by atoms with E-state index < -0.39 is 12.2 Å². The van der Waals surface area contributed by atoms with Crippen molar-refractivity contribution < 1.29 is 10.2 Å². The van der Waals surface area contributed by atoms with Gasteiger partial charge in [0.05, 0.1) is 12.2 Å². The van der Waals surface area contributed by atoms with Crippen LogP contribution in [0.15, 0.2) is 54.6 Å². The van der Waals surface area contributed by atoms with Gasteiger partial charge in [-0.3, -0.25) is 0 Å². The number of aliphatic hydroxyl groups is 2. The quantitative estimate of drug-likeness (QED) is 0.235. The third kappa shape index (κ3) is 10.3. The van der Waals surface area contributed by atoms with E-state index in [1.165, 1.54) is 63.4 Å². The van der Waals surface area contributed by atoms with Crippen LogP contribution in [0.25, 0.3) is 0 Å². The van der Waals surface area contributed by atoms with Crippen LogP contribution in [0.3, 0.4) is 0 Å². The highest BCUT2D eigenvalue weighted by molar-refractivity contribution is 5.24. The van der Waals surface area contributed by atoms with Crippen LogP contribution in [-0.4, -0.2) is 22.8 Å². The van der Waals surface area contributed by atoms with E-state index in [4.69, 9.17) is 0 Å². The zero-order valence-corrected chi connectivity index (χ0v) is 20.3. The molecule has 0 aromatic heterocycles. The van der Waals surface area contributed by atoms with Gasteiger partial charge >= 0.3 is 0 Å². The predicted octanol–water partition coefficient (Wildman–Crippen LogP) is 6.90. The molecule has 0 heterocycles. The van der Waals surface area contributed by atoms with Crippen molar-refractivity contribution in [2.75, 3.05) is 6.54 Å². The van der Waals surface area contributed by atoms with Crippen LogP contribution in [0.5, 0.6) is 0 Å². The number of benzene rings is 2. The Morgan fingerprint density at radius 3 is 1.94 bits per heavy atom. The highest BCUT2D eigenvalue weighted by Crippen LogP contribution is 2.20. The molecule has 0 saturated carbocycles. The SMILES string of the molecule is CCCCCCCCCCCc1ccc(C(O)CCNC(C)C(O)c2ccccc2)cc1. The van der Waals surface area contributed by atoms with E-state index in [1.807, 2.05) is 37.3 Å². The molecule has 3 atom stereocenters. The summed E-state index contributed by atoms with van der Waals surface area (Å²) in [7, 11) is 0. The van der Waals surface area contributed by atoms with Gasteiger partial charge in [-0.15, -0.1) is 0 Å². The molecule has 0 aliphatic heterocycles. The zero-order chi connectivity index (χ0) is 23.0. The van der Waals surface area contributed by atoms with E-state index in [0.717, 1.165) is 17.5 Å². The first-order valence-electron chi connectivity index (χ1n) is 12.8. The Balaban J connectivity index is 1.59. The van der Waals surface area contributed by atoms with Crippen molar-refractivity contribution >= 4 is 0 Å². The summed E-state index contributed by atoms with van der Waals surface area (Å²) in [6, 6.07) is 18.1. The molecule has 0 bridgehead atoms. The Morgan fingerprint density at radius 2 is 1.31 bits per heavy atom. The van der Waals surface area contributed by atoms with Crippen molar-refractivity contribution in [3.8, 4) is 0 Å². The van der Waals surface area contributed by atoms with Crippen molar-refractivity contribution in [3.63, 3.8) is 0 Å². The van der Waals surface area contributed by atoms with Gasteiger partial charge in [0, 0.05) is 6.04 Å². The third-order valence-electron chi connectivity index (χ3n) is 6.43. The zero-order valence-electron chi connectivity index (χ0n) is 20.3. The largest absolute Gasteiger partial charge is 0.388 e. The van der Waals surface area contributed by atoms with Gasteiger partial charge in [-0.25, -0.2) is 0 Å². The fourth-order valence-corrected chi connectivity index (χ4v) is 4.21. The number of rotatable bonds is 17. The second kappa shape index (κ2) is 16.0. The first kappa shape index (κ1) is 26.6. The Bertz CT molecular complexity index is 701. The van der Waals surface area contributed by atoms with Crippen LogP contribution in [0.2, 0.25) is 0 Å². The maximum Gasteiger partial charge on any atom is 0.0940 e. The van der Waals surface area contributed by atoms with Gasteiger partial charge in [0.15, 0.2) is 0 Å². The molecule has 0 amide bonds. The summed E-state index contributed by atoms with van der Waals surface area (Å²) in [6.07, 6.45) is 12.9. The predicted molar refractivity (Wildman–Crippen MR) is 136 cm³/mol. The molecule has 0 aliphatic rings. The lowest BCUT2D eigenvalue weighted by molar-refractivity contribution is 0.127. The minimum atomic E-state index is -0.548. The first-order chi connectivity index (χ1) is 15.6. The second-order valence-corrected chi connectivity index (χ2v) is 9.22. The highest BCUT2D eigenvalue weighted by atomic mass is 16.3. The molecule has 0 radical (unpaired) electrons. The lowest BCUT2D eigenvalue weighted by Crippen LogP contribution is -2.33. The Labute approximate surface area is 196 Å². The van der Waals surface area contributed by atoms with Gasteiger partial charge in [0.1, 0.15) is 0 Å². The second-order valence-electron chi connectivity index (χ2n) is 9.22. The molecular formula is C29H45NO2. The molecule has 2 rings (SSSR count). The lowest BCUT2D eigenvalue weighted by Gasteiger charge is -2.21. The molecule has 3 N–H and O–H groups in total. The summed E-state index contributed by atoms with van der Waals surface area (Å²) in [5, 5.41) is 24.3. The topological polar surface area (TPSA) is 52.5 Å². The van der Waals surface area contributed by atoms with E-state index in [0.29, 0.717) is 13.0 Å². The van der Waals surface area contributed by atoms with Crippen molar-refractivity contribution in [1.82, 2.24) is 5.32 Å². The summed E-state index contributed by atoms with van der Waals surface area (Å²) < 4.78 is 0. The van der Waals surface area contributed by atoms with Gasteiger partial charge < -0.3 is 15.5 Å². The molecule has 178 valence electrons. The molecule has 0 spiro atoms. The molecular weight excluding hydrogens is 394 g/mol. The van der Waals surface area contributed by atoms with Crippen molar-refractivity contribution in [1.29, 1.82) is 0 Å². The Morgan fingerprint density at radius 1 is 0.719 bits per heavy atom. The monoisotopic (exact) mass is 439 g/mol. The maximum atomic E-state index is 10.5. The summed E-state index contributed by atoms with van der Waals surface area (Å²) in [6.45, 7) is 4.91. The molecule has 3 nitrogen and oxygen atoms in total. The number of hydrogen-bond donors (Lipinski definition) is 3.